The lowest BCUT2D eigenvalue weighted by Gasteiger charge is -2.17. The number of unbranched alkanes of at least 4 members (excludes halogenated alkanes) is 3. The van der Waals surface area contributed by atoms with Crippen LogP contribution in [0, 0.1) is 35.8 Å². The van der Waals surface area contributed by atoms with Gasteiger partial charge in [-0.05, 0) is 30.5 Å². The molecule has 38 heavy (non-hydrogen) atoms. The van der Waals surface area contributed by atoms with E-state index < -0.39 is 0 Å². The van der Waals surface area contributed by atoms with E-state index in [1.165, 1.54) is 0 Å². The van der Waals surface area contributed by atoms with Crippen molar-refractivity contribution >= 4 is 66.0 Å². The van der Waals surface area contributed by atoms with Crippen molar-refractivity contribution in [3.63, 3.8) is 0 Å². The van der Waals surface area contributed by atoms with Crippen molar-refractivity contribution in [1.29, 1.82) is 10.5 Å². The van der Waals surface area contributed by atoms with Crippen LogP contribution in [0.5, 0.6) is 0 Å². The second-order valence-electron chi connectivity index (χ2n) is 9.19. The van der Waals surface area contributed by atoms with Gasteiger partial charge in [-0.3, -0.25) is 0 Å². The summed E-state index contributed by atoms with van der Waals surface area (Å²) >= 11 is 0. The Balaban J connectivity index is 1.88. The molecule has 0 saturated carbocycles. The third kappa shape index (κ3) is 3.19. The Kier molecular flexibility index (Phi) is 5.38. The smallest absolute Gasteiger partial charge is 0.294 e. The van der Waals surface area contributed by atoms with Gasteiger partial charge in [0.25, 0.3) is 11.6 Å². The summed E-state index contributed by atoms with van der Waals surface area (Å²) in [6.07, 6.45) is 5.22. The van der Waals surface area contributed by atoms with Gasteiger partial charge >= 0.3 is 0 Å². The molecule has 0 amide bonds. The number of nitriles is 2. The van der Waals surface area contributed by atoms with Crippen LogP contribution in [0.2, 0.25) is 0 Å². The fourth-order valence-electron chi connectivity index (χ4n) is 5.44. The van der Waals surface area contributed by atoms with Crippen LogP contribution in [-0.2, 0) is 6.42 Å². The fourth-order valence-corrected chi connectivity index (χ4v) is 5.44. The SMILES string of the molecule is [C-]#[N+]c1nc2c3cccc4c5nc(C#N)c(C#N)nc5c5c(CCCCCC)ccc(c2nc1[N+]#[C-])c5c34. The van der Waals surface area contributed by atoms with Crippen LogP contribution in [0.1, 0.15) is 49.6 Å². The number of hydrogen-bond donors (Lipinski definition) is 0. The lowest BCUT2D eigenvalue weighted by Crippen LogP contribution is -2.01. The van der Waals surface area contributed by atoms with Crippen molar-refractivity contribution in [3.05, 3.63) is 70.1 Å². The van der Waals surface area contributed by atoms with E-state index in [1.54, 1.807) is 0 Å². The molecule has 0 radical (unpaired) electrons. The molecular weight excluding hydrogens is 472 g/mol. The largest absolute Gasteiger partial charge is 0.370 e. The Morgan fingerprint density at radius 2 is 1.26 bits per heavy atom. The van der Waals surface area contributed by atoms with E-state index in [2.05, 4.69) is 42.6 Å². The molecule has 8 heteroatoms. The predicted molar refractivity (Wildman–Crippen MR) is 146 cm³/mol. The zero-order valence-corrected chi connectivity index (χ0v) is 20.5. The molecular formula is C30H18N8. The zero-order valence-electron chi connectivity index (χ0n) is 20.5. The van der Waals surface area contributed by atoms with E-state index in [0.717, 1.165) is 70.0 Å². The normalized spacial score (nSPS) is 11.2. The quantitative estimate of drug-likeness (QED) is 0.108. The highest BCUT2D eigenvalue weighted by atomic mass is 15.0. The fraction of sp³-hybridized carbons (Fsp3) is 0.200. The van der Waals surface area contributed by atoms with Crippen molar-refractivity contribution in [2.45, 2.75) is 39.0 Å². The monoisotopic (exact) mass is 490 g/mol. The van der Waals surface area contributed by atoms with Gasteiger partial charge in [0.2, 0.25) is 11.0 Å². The van der Waals surface area contributed by atoms with Gasteiger partial charge in [-0.15, -0.1) is 9.97 Å². The highest BCUT2D eigenvalue weighted by Gasteiger charge is 2.26. The van der Waals surface area contributed by atoms with Crippen molar-refractivity contribution < 1.29 is 0 Å². The van der Waals surface area contributed by atoms with Gasteiger partial charge in [0.15, 0.2) is 11.4 Å². The minimum absolute atomic E-state index is 0.00613. The second kappa shape index (κ2) is 8.90. The average molecular weight is 491 g/mol. The Morgan fingerprint density at radius 1 is 0.684 bits per heavy atom. The summed E-state index contributed by atoms with van der Waals surface area (Å²) in [6, 6.07) is 13.9. The molecule has 178 valence electrons. The molecule has 6 rings (SSSR count). The first-order valence-corrected chi connectivity index (χ1v) is 12.3. The second-order valence-corrected chi connectivity index (χ2v) is 9.19. The summed E-state index contributed by atoms with van der Waals surface area (Å²) in [5, 5.41) is 24.5. The summed E-state index contributed by atoms with van der Waals surface area (Å²) in [5.74, 6) is -0.0637. The van der Waals surface area contributed by atoms with Gasteiger partial charge in [-0.1, -0.05) is 57.5 Å². The van der Waals surface area contributed by atoms with Gasteiger partial charge in [0, 0.05) is 32.3 Å². The summed E-state index contributed by atoms with van der Waals surface area (Å²) < 4.78 is 0. The first kappa shape index (κ1) is 23.0. The number of aryl methyl sites for hydroxylation is 1. The molecule has 2 aromatic heterocycles. The first-order valence-electron chi connectivity index (χ1n) is 12.3. The maximum atomic E-state index is 9.74. The van der Waals surface area contributed by atoms with Gasteiger partial charge in [0.1, 0.15) is 12.1 Å². The molecule has 0 saturated heterocycles. The number of nitrogens with zero attached hydrogens (tertiary/aromatic N) is 8. The van der Waals surface area contributed by atoms with Gasteiger partial charge in [-0.25, -0.2) is 9.97 Å². The van der Waals surface area contributed by atoms with E-state index in [9.17, 15) is 10.5 Å². The van der Waals surface area contributed by atoms with Gasteiger partial charge in [0.05, 0.1) is 11.0 Å². The Morgan fingerprint density at radius 3 is 1.84 bits per heavy atom. The van der Waals surface area contributed by atoms with Crippen LogP contribution in [0.25, 0.3) is 64.1 Å². The standard InChI is InChI=1S/C30H18N8/c1-4-5-6-7-9-16-12-13-19-24-22(16)28-27(35-20(14-31)21(15-32)36-28)18-11-8-10-17(23(18)24)25-26(19)38-30(34-3)29(33-2)37-25/h8,10-13H,4-7,9H2,1H3. The minimum Gasteiger partial charge on any atom is -0.370 e. The van der Waals surface area contributed by atoms with Crippen molar-refractivity contribution in [1.82, 2.24) is 19.9 Å². The molecule has 0 fully saturated rings. The van der Waals surface area contributed by atoms with E-state index in [1.807, 2.05) is 36.4 Å². The molecule has 0 unspecified atom stereocenters. The molecule has 2 heterocycles. The van der Waals surface area contributed by atoms with E-state index in [4.69, 9.17) is 13.1 Å². The van der Waals surface area contributed by atoms with Crippen molar-refractivity contribution in [2.75, 3.05) is 0 Å². The molecule has 6 aromatic rings. The highest BCUT2D eigenvalue weighted by molar-refractivity contribution is 6.38. The molecule has 8 nitrogen and oxygen atoms in total. The molecule has 0 aliphatic heterocycles. The van der Waals surface area contributed by atoms with E-state index in [-0.39, 0.29) is 23.0 Å². The number of hydrogen-bond acceptors (Lipinski definition) is 6. The number of aromatic nitrogens is 4. The molecule has 0 spiro atoms. The topological polar surface area (TPSA) is 108 Å². The summed E-state index contributed by atoms with van der Waals surface area (Å²) in [6.45, 7) is 17.3. The maximum absolute atomic E-state index is 9.74. The first-order chi connectivity index (χ1) is 18.6. The Hall–Kier alpha value is -5.44. The van der Waals surface area contributed by atoms with Gasteiger partial charge in [-0.2, -0.15) is 10.5 Å². The number of fused-ring (bicyclic) bond motifs is 6. The zero-order chi connectivity index (χ0) is 26.4. The molecule has 0 aliphatic carbocycles. The highest BCUT2D eigenvalue weighted by Crippen LogP contribution is 2.45. The van der Waals surface area contributed by atoms with Crippen LogP contribution in [0.4, 0.5) is 11.6 Å². The molecule has 0 N–H and O–H groups in total. The number of rotatable bonds is 5. The maximum Gasteiger partial charge on any atom is 0.294 e. The van der Waals surface area contributed by atoms with Crippen LogP contribution >= 0.6 is 0 Å². The summed E-state index contributed by atoms with van der Waals surface area (Å²) in [7, 11) is 0. The van der Waals surface area contributed by atoms with Crippen molar-refractivity contribution in [3.8, 4) is 12.1 Å². The lowest BCUT2D eigenvalue weighted by atomic mass is 9.88. The van der Waals surface area contributed by atoms with E-state index in [0.29, 0.717) is 22.1 Å². The summed E-state index contributed by atoms with van der Waals surface area (Å²) in [4.78, 5) is 25.4. The van der Waals surface area contributed by atoms with Crippen LogP contribution in [-0.4, -0.2) is 19.9 Å². The number of benzene rings is 4. The Labute approximate surface area is 217 Å². The third-order valence-corrected chi connectivity index (χ3v) is 7.09. The summed E-state index contributed by atoms with van der Waals surface area (Å²) in [5.41, 5.74) is 3.29. The van der Waals surface area contributed by atoms with Crippen LogP contribution in [0.3, 0.4) is 0 Å². The van der Waals surface area contributed by atoms with E-state index >= 15 is 0 Å². The predicted octanol–water partition coefficient (Wildman–Crippen LogP) is 7.44. The van der Waals surface area contributed by atoms with Crippen LogP contribution < -0.4 is 0 Å². The molecule has 0 aliphatic rings. The van der Waals surface area contributed by atoms with Gasteiger partial charge < -0.3 is 9.69 Å². The third-order valence-electron chi connectivity index (χ3n) is 7.09. The van der Waals surface area contributed by atoms with Crippen molar-refractivity contribution in [2.24, 2.45) is 0 Å². The molecule has 0 bridgehead atoms. The molecule has 4 aromatic carbocycles. The average Bonchev–Trinajstić information content (AvgIpc) is 2.97. The minimum atomic E-state index is -0.0333. The lowest BCUT2D eigenvalue weighted by molar-refractivity contribution is 0.668. The Bertz CT molecular complexity index is 2100. The molecule has 0 atom stereocenters. The van der Waals surface area contributed by atoms with Crippen LogP contribution in [0.15, 0.2) is 30.3 Å².